The first-order valence-corrected chi connectivity index (χ1v) is 4.88. The Morgan fingerprint density at radius 1 is 1.08 bits per heavy atom. The van der Waals surface area contributed by atoms with Crippen LogP contribution in [-0.2, 0) is 4.79 Å². The lowest BCUT2D eigenvalue weighted by Gasteiger charge is -2.30. The molecule has 0 aliphatic heterocycles. The van der Waals surface area contributed by atoms with Crippen molar-refractivity contribution in [2.24, 2.45) is 23.7 Å². The quantitative estimate of drug-likeness (QED) is 0.502. The van der Waals surface area contributed by atoms with E-state index in [0.717, 1.165) is 12.8 Å². The number of Topliss-reactive ketones (excluding diaryl/α,β-unsaturated/α-hetero) is 1. The summed E-state index contributed by atoms with van der Waals surface area (Å²) in [6.45, 7) is 4.47. The van der Waals surface area contributed by atoms with Crippen LogP contribution in [0.4, 0.5) is 0 Å². The Kier molecular flexibility index (Phi) is 1.82. The Morgan fingerprint density at radius 2 is 1.50 bits per heavy atom. The van der Waals surface area contributed by atoms with Gasteiger partial charge in [-0.2, -0.15) is 0 Å². The number of allylic oxidation sites excluding steroid dienone is 2. The van der Waals surface area contributed by atoms with Gasteiger partial charge < -0.3 is 0 Å². The first kappa shape index (κ1) is 8.03. The summed E-state index contributed by atoms with van der Waals surface area (Å²) < 4.78 is 0. The predicted octanol–water partition coefficient (Wildman–Crippen LogP) is 2.42. The molecule has 0 heterocycles. The molecule has 2 aliphatic carbocycles. The van der Waals surface area contributed by atoms with E-state index in [1.165, 1.54) is 0 Å². The van der Waals surface area contributed by atoms with E-state index in [2.05, 4.69) is 26.0 Å². The molecular weight excluding hydrogens is 148 g/mol. The molecule has 1 saturated carbocycles. The second-order valence-corrected chi connectivity index (χ2v) is 4.38. The number of hydrogen-bond acceptors (Lipinski definition) is 1. The van der Waals surface area contributed by atoms with Crippen molar-refractivity contribution in [1.82, 2.24) is 0 Å². The zero-order valence-corrected chi connectivity index (χ0v) is 7.79. The standard InChI is InChI=1S/C11H16O/c1-7-3-4-8(2)11-6-9(12)5-10(7)11/h3-4,7-8,10-11H,5-6H2,1-2H3. The third kappa shape index (κ3) is 1.12. The number of rotatable bonds is 0. The summed E-state index contributed by atoms with van der Waals surface area (Å²) in [4.78, 5) is 11.3. The summed E-state index contributed by atoms with van der Waals surface area (Å²) in [5, 5.41) is 0. The van der Waals surface area contributed by atoms with E-state index in [-0.39, 0.29) is 0 Å². The molecule has 0 N–H and O–H groups in total. The second kappa shape index (κ2) is 2.72. The maximum Gasteiger partial charge on any atom is 0.133 e. The molecule has 4 unspecified atom stereocenters. The fraction of sp³-hybridized carbons (Fsp3) is 0.727. The van der Waals surface area contributed by atoms with Crippen molar-refractivity contribution in [1.29, 1.82) is 0 Å². The Bertz CT molecular complexity index is 207. The summed E-state index contributed by atoms with van der Waals surface area (Å²) in [6, 6.07) is 0. The molecule has 2 rings (SSSR count). The van der Waals surface area contributed by atoms with E-state index in [1.54, 1.807) is 0 Å². The third-order valence-corrected chi connectivity index (χ3v) is 3.55. The molecule has 2 aliphatic rings. The summed E-state index contributed by atoms with van der Waals surface area (Å²) in [6.07, 6.45) is 6.23. The minimum atomic E-state index is 0.479. The van der Waals surface area contributed by atoms with E-state index < -0.39 is 0 Å². The predicted molar refractivity (Wildman–Crippen MR) is 48.7 cm³/mol. The van der Waals surface area contributed by atoms with Crippen LogP contribution in [0.15, 0.2) is 12.2 Å². The molecule has 4 atom stereocenters. The molecule has 66 valence electrons. The van der Waals surface area contributed by atoms with Gasteiger partial charge in [-0.25, -0.2) is 0 Å². The molecular formula is C11H16O. The van der Waals surface area contributed by atoms with Gasteiger partial charge in [0.15, 0.2) is 0 Å². The molecule has 0 bridgehead atoms. The van der Waals surface area contributed by atoms with E-state index in [9.17, 15) is 4.79 Å². The molecule has 12 heavy (non-hydrogen) atoms. The van der Waals surface area contributed by atoms with E-state index in [4.69, 9.17) is 0 Å². The highest BCUT2D eigenvalue weighted by atomic mass is 16.1. The van der Waals surface area contributed by atoms with Gasteiger partial charge in [0.2, 0.25) is 0 Å². The number of carbonyl (C=O) groups excluding carboxylic acids is 1. The van der Waals surface area contributed by atoms with Crippen LogP contribution in [0.25, 0.3) is 0 Å². The van der Waals surface area contributed by atoms with Crippen LogP contribution in [0.1, 0.15) is 26.7 Å². The van der Waals surface area contributed by atoms with Crippen molar-refractivity contribution in [3.63, 3.8) is 0 Å². The van der Waals surface area contributed by atoms with Gasteiger partial charge in [-0.1, -0.05) is 26.0 Å². The Balaban J connectivity index is 2.23. The van der Waals surface area contributed by atoms with Gasteiger partial charge in [-0.3, -0.25) is 4.79 Å². The van der Waals surface area contributed by atoms with Gasteiger partial charge in [0, 0.05) is 12.8 Å². The monoisotopic (exact) mass is 164 g/mol. The number of ketones is 1. The number of carbonyl (C=O) groups is 1. The van der Waals surface area contributed by atoms with Crippen LogP contribution in [0.2, 0.25) is 0 Å². The molecule has 0 aromatic heterocycles. The highest BCUT2D eigenvalue weighted by Gasteiger charge is 2.39. The molecule has 1 fully saturated rings. The minimum Gasteiger partial charge on any atom is -0.300 e. The van der Waals surface area contributed by atoms with Crippen LogP contribution in [0.3, 0.4) is 0 Å². The Morgan fingerprint density at radius 3 is 1.92 bits per heavy atom. The van der Waals surface area contributed by atoms with E-state index in [1.807, 2.05) is 0 Å². The van der Waals surface area contributed by atoms with E-state index in [0.29, 0.717) is 29.5 Å². The molecule has 0 amide bonds. The molecule has 0 spiro atoms. The van der Waals surface area contributed by atoms with E-state index >= 15 is 0 Å². The van der Waals surface area contributed by atoms with Gasteiger partial charge >= 0.3 is 0 Å². The lowest BCUT2D eigenvalue weighted by Crippen LogP contribution is -2.24. The first-order valence-electron chi connectivity index (χ1n) is 4.88. The highest BCUT2D eigenvalue weighted by Crippen LogP contribution is 2.43. The van der Waals surface area contributed by atoms with Crippen molar-refractivity contribution in [2.75, 3.05) is 0 Å². The number of hydrogen-bond donors (Lipinski definition) is 0. The maximum atomic E-state index is 11.3. The summed E-state index contributed by atoms with van der Waals surface area (Å²) in [7, 11) is 0. The molecule has 1 nitrogen and oxygen atoms in total. The Labute approximate surface area is 73.8 Å². The first-order chi connectivity index (χ1) is 5.68. The van der Waals surface area contributed by atoms with Crippen molar-refractivity contribution >= 4 is 5.78 Å². The second-order valence-electron chi connectivity index (χ2n) is 4.38. The van der Waals surface area contributed by atoms with Crippen LogP contribution in [0, 0.1) is 23.7 Å². The van der Waals surface area contributed by atoms with Gasteiger partial charge in [-0.15, -0.1) is 0 Å². The van der Waals surface area contributed by atoms with Crippen LogP contribution in [0.5, 0.6) is 0 Å². The zero-order chi connectivity index (χ0) is 8.72. The van der Waals surface area contributed by atoms with Crippen molar-refractivity contribution < 1.29 is 4.79 Å². The SMILES string of the molecule is CC1C=CC(C)C2CC(=O)CC12. The smallest absolute Gasteiger partial charge is 0.133 e. The van der Waals surface area contributed by atoms with Crippen LogP contribution >= 0.6 is 0 Å². The van der Waals surface area contributed by atoms with Crippen molar-refractivity contribution in [3.05, 3.63) is 12.2 Å². The summed E-state index contributed by atoms with van der Waals surface area (Å²) in [5.74, 6) is 3.03. The average molecular weight is 164 g/mol. The van der Waals surface area contributed by atoms with Crippen LogP contribution in [-0.4, -0.2) is 5.78 Å². The lowest BCUT2D eigenvalue weighted by molar-refractivity contribution is -0.117. The number of fused-ring (bicyclic) bond motifs is 1. The molecule has 1 heteroatoms. The molecule has 0 saturated heterocycles. The highest BCUT2D eigenvalue weighted by molar-refractivity contribution is 5.81. The van der Waals surface area contributed by atoms with Gasteiger partial charge in [0.05, 0.1) is 0 Å². The fourth-order valence-electron chi connectivity index (χ4n) is 2.70. The average Bonchev–Trinajstić information content (AvgIpc) is 2.41. The van der Waals surface area contributed by atoms with Crippen molar-refractivity contribution in [2.45, 2.75) is 26.7 Å². The minimum absolute atomic E-state index is 0.479. The molecule has 0 aromatic rings. The van der Waals surface area contributed by atoms with Crippen LogP contribution < -0.4 is 0 Å². The zero-order valence-electron chi connectivity index (χ0n) is 7.79. The van der Waals surface area contributed by atoms with Gasteiger partial charge in [0.25, 0.3) is 0 Å². The van der Waals surface area contributed by atoms with Crippen molar-refractivity contribution in [3.8, 4) is 0 Å². The lowest BCUT2D eigenvalue weighted by atomic mass is 9.74. The summed E-state index contributed by atoms with van der Waals surface area (Å²) >= 11 is 0. The topological polar surface area (TPSA) is 17.1 Å². The third-order valence-electron chi connectivity index (χ3n) is 3.55. The summed E-state index contributed by atoms with van der Waals surface area (Å²) in [5.41, 5.74) is 0. The largest absolute Gasteiger partial charge is 0.300 e. The van der Waals surface area contributed by atoms with Gasteiger partial charge in [-0.05, 0) is 23.7 Å². The fourth-order valence-corrected chi connectivity index (χ4v) is 2.70. The molecule has 0 radical (unpaired) electrons. The van der Waals surface area contributed by atoms with Gasteiger partial charge in [0.1, 0.15) is 5.78 Å². The molecule has 0 aromatic carbocycles. The maximum absolute atomic E-state index is 11.3. The Hall–Kier alpha value is -0.590. The normalized spacial score (nSPS) is 46.3.